The fourth-order valence-corrected chi connectivity index (χ4v) is 5.49. The van der Waals surface area contributed by atoms with Gasteiger partial charge in [-0.05, 0) is 52.0 Å². The maximum atomic E-state index is 5.49. The van der Waals surface area contributed by atoms with Gasteiger partial charge in [0.1, 0.15) is 16.5 Å². The normalized spacial score (nSPS) is 18.0. The quantitative estimate of drug-likeness (QED) is 0.678. The zero-order valence-corrected chi connectivity index (χ0v) is 18.9. The lowest BCUT2D eigenvalue weighted by molar-refractivity contribution is 0.0331. The van der Waals surface area contributed by atoms with Crippen molar-refractivity contribution < 1.29 is 4.74 Å². The van der Waals surface area contributed by atoms with Gasteiger partial charge in [-0.3, -0.25) is 9.58 Å². The number of morpholine rings is 1. The van der Waals surface area contributed by atoms with Crippen LogP contribution in [0.15, 0.2) is 12.4 Å². The van der Waals surface area contributed by atoms with Gasteiger partial charge in [0, 0.05) is 24.2 Å². The van der Waals surface area contributed by atoms with Gasteiger partial charge >= 0.3 is 0 Å². The fraction of sp³-hybridized carbons (Fsp3) is 0.591. The number of nitrogens with one attached hydrogen (secondary N) is 1. The average molecular weight is 427 g/mol. The zero-order chi connectivity index (χ0) is 20.7. The molecule has 2 aliphatic rings. The molecule has 8 heteroatoms. The molecule has 0 spiro atoms. The Hall–Kier alpha value is -2.03. The zero-order valence-electron chi connectivity index (χ0n) is 18.1. The van der Waals surface area contributed by atoms with Crippen LogP contribution in [0.4, 0.5) is 11.5 Å². The summed E-state index contributed by atoms with van der Waals surface area (Å²) in [4.78, 5) is 15.0. The van der Waals surface area contributed by atoms with Crippen molar-refractivity contribution in [2.24, 2.45) is 0 Å². The third kappa shape index (κ3) is 3.96. The number of hydrogen-bond acceptors (Lipinski definition) is 7. The number of ether oxygens (including phenoxy) is 1. The largest absolute Gasteiger partial charge is 0.379 e. The van der Waals surface area contributed by atoms with E-state index in [-0.39, 0.29) is 5.54 Å². The predicted octanol–water partition coefficient (Wildman–Crippen LogP) is 4.10. The van der Waals surface area contributed by atoms with Crippen molar-refractivity contribution in [1.82, 2.24) is 24.6 Å². The Morgan fingerprint density at radius 1 is 1.13 bits per heavy atom. The number of fused-ring (bicyclic) bond motifs is 3. The van der Waals surface area contributed by atoms with Gasteiger partial charge in [0.15, 0.2) is 0 Å². The van der Waals surface area contributed by atoms with E-state index in [4.69, 9.17) is 14.7 Å². The number of hydrogen-bond donors (Lipinski definition) is 1. The van der Waals surface area contributed by atoms with Crippen LogP contribution in [-0.4, -0.2) is 51.0 Å². The lowest BCUT2D eigenvalue weighted by Crippen LogP contribution is -2.36. The number of anilines is 2. The molecule has 0 unspecified atom stereocenters. The third-order valence-corrected chi connectivity index (χ3v) is 7.05. The SMILES string of the molecule is CC(C)(C)n1cc(Nc2nc(CN3CCOCC3)nc3sc4c(c23)CCCC4)cn1. The molecule has 0 radical (unpaired) electrons. The maximum Gasteiger partial charge on any atom is 0.146 e. The number of rotatable bonds is 4. The first-order chi connectivity index (χ1) is 14.5. The molecule has 1 fully saturated rings. The van der Waals surface area contributed by atoms with E-state index in [9.17, 15) is 0 Å². The number of thiophene rings is 1. The van der Waals surface area contributed by atoms with Crippen LogP contribution in [0.3, 0.4) is 0 Å². The van der Waals surface area contributed by atoms with Crippen molar-refractivity contribution in [2.45, 2.75) is 58.5 Å². The monoisotopic (exact) mass is 426 g/mol. The molecule has 0 saturated carbocycles. The molecule has 7 nitrogen and oxygen atoms in total. The van der Waals surface area contributed by atoms with Gasteiger partial charge in [-0.1, -0.05) is 0 Å². The van der Waals surface area contributed by atoms with Gasteiger partial charge in [-0.2, -0.15) is 5.10 Å². The fourth-order valence-electron chi connectivity index (χ4n) is 4.21. The highest BCUT2D eigenvalue weighted by Crippen LogP contribution is 2.39. The van der Waals surface area contributed by atoms with E-state index < -0.39 is 0 Å². The van der Waals surface area contributed by atoms with E-state index in [1.807, 2.05) is 22.2 Å². The molecule has 0 aromatic carbocycles. The topological polar surface area (TPSA) is 68.1 Å². The summed E-state index contributed by atoms with van der Waals surface area (Å²) in [6.07, 6.45) is 8.76. The van der Waals surface area contributed by atoms with Crippen LogP contribution in [0, 0.1) is 0 Å². The first kappa shape index (κ1) is 19.9. The maximum absolute atomic E-state index is 5.49. The summed E-state index contributed by atoms with van der Waals surface area (Å²) in [6, 6.07) is 0. The second-order valence-electron chi connectivity index (χ2n) is 9.24. The molecule has 1 aliphatic carbocycles. The van der Waals surface area contributed by atoms with Crippen molar-refractivity contribution in [3.63, 3.8) is 0 Å². The van der Waals surface area contributed by atoms with E-state index in [0.717, 1.165) is 67.8 Å². The first-order valence-corrected chi connectivity index (χ1v) is 11.7. The highest BCUT2D eigenvalue weighted by molar-refractivity contribution is 7.19. The average Bonchev–Trinajstić information content (AvgIpc) is 3.33. The van der Waals surface area contributed by atoms with Crippen molar-refractivity contribution >= 4 is 33.1 Å². The minimum absolute atomic E-state index is 0.0516. The second-order valence-corrected chi connectivity index (χ2v) is 10.3. The van der Waals surface area contributed by atoms with E-state index in [0.29, 0.717) is 0 Å². The lowest BCUT2D eigenvalue weighted by atomic mass is 9.97. The molecular formula is C22H30N6OS. The predicted molar refractivity (Wildman–Crippen MR) is 121 cm³/mol. The van der Waals surface area contributed by atoms with Gasteiger partial charge in [-0.15, -0.1) is 11.3 Å². The molecule has 3 aromatic rings. The van der Waals surface area contributed by atoms with Crippen LogP contribution >= 0.6 is 11.3 Å². The molecule has 0 atom stereocenters. The first-order valence-electron chi connectivity index (χ1n) is 10.9. The molecule has 0 bridgehead atoms. The Labute approximate surface area is 181 Å². The Morgan fingerprint density at radius 3 is 2.70 bits per heavy atom. The standard InChI is InChI=1S/C22H30N6OS/c1-22(2,3)28-13-15(12-23-28)24-20-19-16-6-4-5-7-17(16)30-21(19)26-18(25-20)14-27-8-10-29-11-9-27/h12-13H,4-11,14H2,1-3H3,(H,24,25,26). The van der Waals surface area contributed by atoms with Crippen molar-refractivity contribution in [3.05, 3.63) is 28.7 Å². The van der Waals surface area contributed by atoms with Gasteiger partial charge in [0.25, 0.3) is 0 Å². The Kier molecular flexibility index (Phi) is 5.24. The van der Waals surface area contributed by atoms with Crippen LogP contribution in [0.25, 0.3) is 10.2 Å². The Balaban J connectivity index is 1.53. The van der Waals surface area contributed by atoms with Gasteiger partial charge in [0.05, 0.1) is 42.6 Å². The summed E-state index contributed by atoms with van der Waals surface area (Å²) in [7, 11) is 0. The van der Waals surface area contributed by atoms with Crippen molar-refractivity contribution in [2.75, 3.05) is 31.6 Å². The smallest absolute Gasteiger partial charge is 0.146 e. The van der Waals surface area contributed by atoms with Crippen LogP contribution in [0.2, 0.25) is 0 Å². The highest BCUT2D eigenvalue weighted by Gasteiger charge is 2.23. The number of aryl methyl sites for hydroxylation is 2. The van der Waals surface area contributed by atoms with E-state index >= 15 is 0 Å². The minimum atomic E-state index is -0.0516. The third-order valence-electron chi connectivity index (χ3n) is 5.86. The molecule has 1 aliphatic heterocycles. The number of aromatic nitrogens is 4. The van der Waals surface area contributed by atoms with Crippen molar-refractivity contribution in [3.8, 4) is 0 Å². The molecule has 1 saturated heterocycles. The van der Waals surface area contributed by atoms with E-state index in [1.54, 1.807) is 0 Å². The van der Waals surface area contributed by atoms with Crippen LogP contribution in [-0.2, 0) is 29.7 Å². The molecule has 1 N–H and O–H groups in total. The van der Waals surface area contributed by atoms with Crippen molar-refractivity contribution in [1.29, 1.82) is 0 Å². The minimum Gasteiger partial charge on any atom is -0.379 e. The van der Waals surface area contributed by atoms with Crippen LogP contribution in [0.1, 0.15) is 49.9 Å². The Bertz CT molecular complexity index is 1040. The summed E-state index contributed by atoms with van der Waals surface area (Å²) in [5, 5.41) is 9.34. The molecule has 3 aromatic heterocycles. The van der Waals surface area contributed by atoms with Crippen LogP contribution < -0.4 is 5.32 Å². The number of nitrogens with zero attached hydrogens (tertiary/aromatic N) is 5. The molecule has 5 rings (SSSR count). The molecular weight excluding hydrogens is 396 g/mol. The molecule has 4 heterocycles. The molecule has 30 heavy (non-hydrogen) atoms. The lowest BCUT2D eigenvalue weighted by Gasteiger charge is -2.25. The summed E-state index contributed by atoms with van der Waals surface area (Å²) in [5.74, 6) is 1.81. The van der Waals surface area contributed by atoms with Gasteiger partial charge in [0.2, 0.25) is 0 Å². The van der Waals surface area contributed by atoms with Crippen LogP contribution in [0.5, 0.6) is 0 Å². The summed E-state index contributed by atoms with van der Waals surface area (Å²) in [6.45, 7) is 10.7. The summed E-state index contributed by atoms with van der Waals surface area (Å²) in [5.41, 5.74) is 2.37. The second kappa shape index (κ2) is 7.90. The summed E-state index contributed by atoms with van der Waals surface area (Å²) >= 11 is 1.85. The highest BCUT2D eigenvalue weighted by atomic mass is 32.1. The van der Waals surface area contributed by atoms with E-state index in [1.165, 1.54) is 28.7 Å². The van der Waals surface area contributed by atoms with E-state index in [2.05, 4.69) is 42.3 Å². The molecule has 0 amide bonds. The Morgan fingerprint density at radius 2 is 1.93 bits per heavy atom. The van der Waals surface area contributed by atoms with Gasteiger partial charge < -0.3 is 10.1 Å². The van der Waals surface area contributed by atoms with Gasteiger partial charge in [-0.25, -0.2) is 9.97 Å². The summed E-state index contributed by atoms with van der Waals surface area (Å²) < 4.78 is 7.48. The molecule has 160 valence electrons.